The lowest BCUT2D eigenvalue weighted by Gasteiger charge is -2.14. The SMILES string of the molecule is CCOC(=O)c1ccc(NC(=O)CCCCCN2C(=O)/C(=C/C(C)=C/c3ccccc3)SC2=S)cc1. The number of benzene rings is 2. The third-order valence-corrected chi connectivity index (χ3v) is 6.77. The number of rotatable bonds is 11. The molecule has 188 valence electrons. The van der Waals surface area contributed by atoms with Crippen LogP contribution < -0.4 is 5.32 Å². The quantitative estimate of drug-likeness (QED) is 0.164. The molecule has 3 rings (SSSR count). The van der Waals surface area contributed by atoms with E-state index in [0.29, 0.717) is 46.5 Å². The number of anilines is 1. The molecule has 0 atom stereocenters. The van der Waals surface area contributed by atoms with Crippen LogP contribution in [0.3, 0.4) is 0 Å². The number of hydrogen-bond acceptors (Lipinski definition) is 6. The van der Waals surface area contributed by atoms with E-state index in [0.717, 1.165) is 24.0 Å². The van der Waals surface area contributed by atoms with Crippen LogP contribution in [0.5, 0.6) is 0 Å². The predicted octanol–water partition coefficient (Wildman–Crippen LogP) is 6.21. The summed E-state index contributed by atoms with van der Waals surface area (Å²) in [6, 6.07) is 16.6. The molecular formula is C28H30N2O4S2. The van der Waals surface area contributed by atoms with Crippen molar-refractivity contribution in [3.05, 3.63) is 82.3 Å². The average Bonchev–Trinajstić information content (AvgIpc) is 3.12. The fourth-order valence-electron chi connectivity index (χ4n) is 3.61. The number of nitrogens with one attached hydrogen (secondary N) is 1. The number of esters is 1. The summed E-state index contributed by atoms with van der Waals surface area (Å²) >= 11 is 6.76. The highest BCUT2D eigenvalue weighted by molar-refractivity contribution is 8.26. The molecule has 36 heavy (non-hydrogen) atoms. The van der Waals surface area contributed by atoms with Gasteiger partial charge in [0.2, 0.25) is 5.91 Å². The van der Waals surface area contributed by atoms with E-state index in [2.05, 4.69) is 5.32 Å². The number of thioether (sulfide) groups is 1. The minimum atomic E-state index is -0.383. The van der Waals surface area contributed by atoms with Gasteiger partial charge in [-0.1, -0.05) is 66.8 Å². The number of unbranched alkanes of at least 4 members (excludes halogenated alkanes) is 2. The summed E-state index contributed by atoms with van der Waals surface area (Å²) in [5.41, 5.74) is 3.15. The van der Waals surface area contributed by atoms with E-state index in [9.17, 15) is 14.4 Å². The van der Waals surface area contributed by atoms with Crippen LogP contribution in [0.1, 0.15) is 55.5 Å². The summed E-state index contributed by atoms with van der Waals surface area (Å²) in [5, 5.41) is 2.84. The Morgan fingerprint density at radius 3 is 2.47 bits per heavy atom. The van der Waals surface area contributed by atoms with Gasteiger partial charge in [-0.05, 0) is 68.2 Å². The highest BCUT2D eigenvalue weighted by Crippen LogP contribution is 2.32. The lowest BCUT2D eigenvalue weighted by atomic mass is 10.1. The van der Waals surface area contributed by atoms with Crippen LogP contribution in [0, 0.1) is 0 Å². The Balaban J connectivity index is 1.39. The van der Waals surface area contributed by atoms with Crippen LogP contribution in [-0.4, -0.2) is 40.2 Å². The average molecular weight is 523 g/mol. The molecule has 2 aromatic rings. The number of allylic oxidation sites excluding steroid dienone is 2. The maximum Gasteiger partial charge on any atom is 0.338 e. The standard InChI is InChI=1S/C28H30N2O4S2/c1-3-34-27(33)22-13-15-23(16-14-22)29-25(31)12-8-5-9-17-30-26(32)24(36-28(30)35)19-20(2)18-21-10-6-4-7-11-21/h4,6-7,10-11,13-16,18-19H,3,5,8-9,12,17H2,1-2H3,(H,29,31)/b20-18+,24-19-. The van der Waals surface area contributed by atoms with E-state index in [4.69, 9.17) is 17.0 Å². The van der Waals surface area contributed by atoms with Crippen LogP contribution in [-0.2, 0) is 14.3 Å². The molecule has 0 unspecified atom stereocenters. The Bertz CT molecular complexity index is 1160. The van der Waals surface area contributed by atoms with Crippen LogP contribution in [0.4, 0.5) is 5.69 Å². The summed E-state index contributed by atoms with van der Waals surface area (Å²) in [7, 11) is 0. The van der Waals surface area contributed by atoms with E-state index in [-0.39, 0.29) is 17.8 Å². The maximum absolute atomic E-state index is 12.8. The molecule has 1 fully saturated rings. The van der Waals surface area contributed by atoms with Crippen molar-refractivity contribution in [3.8, 4) is 0 Å². The number of nitrogens with zero attached hydrogens (tertiary/aromatic N) is 1. The number of hydrogen-bond donors (Lipinski definition) is 1. The van der Waals surface area contributed by atoms with E-state index in [1.165, 1.54) is 11.8 Å². The molecule has 1 heterocycles. The van der Waals surface area contributed by atoms with E-state index in [1.807, 2.05) is 49.4 Å². The Morgan fingerprint density at radius 1 is 1.06 bits per heavy atom. The van der Waals surface area contributed by atoms with Crippen molar-refractivity contribution in [2.24, 2.45) is 0 Å². The fraction of sp³-hybridized carbons (Fsp3) is 0.286. The Hall–Kier alpha value is -3.23. The van der Waals surface area contributed by atoms with Gasteiger partial charge in [-0.2, -0.15) is 0 Å². The topological polar surface area (TPSA) is 75.7 Å². The summed E-state index contributed by atoms with van der Waals surface area (Å²) in [5.74, 6) is -0.533. The predicted molar refractivity (Wildman–Crippen MR) is 150 cm³/mol. The molecule has 0 spiro atoms. The number of carbonyl (C=O) groups excluding carboxylic acids is 3. The highest BCUT2D eigenvalue weighted by Gasteiger charge is 2.31. The molecule has 0 bridgehead atoms. The van der Waals surface area contributed by atoms with Gasteiger partial charge in [-0.3, -0.25) is 14.5 Å². The second kappa shape index (κ2) is 13.8. The van der Waals surface area contributed by atoms with Gasteiger partial charge in [0.1, 0.15) is 4.32 Å². The van der Waals surface area contributed by atoms with Crippen molar-refractivity contribution >= 4 is 57.8 Å². The van der Waals surface area contributed by atoms with Gasteiger partial charge in [-0.25, -0.2) is 4.79 Å². The minimum Gasteiger partial charge on any atom is -0.462 e. The summed E-state index contributed by atoms with van der Waals surface area (Å²) in [4.78, 5) is 39.0. The van der Waals surface area contributed by atoms with Crippen LogP contribution in [0.25, 0.3) is 6.08 Å². The number of thiocarbonyl (C=S) groups is 1. The maximum atomic E-state index is 12.8. The zero-order valence-electron chi connectivity index (χ0n) is 20.5. The first-order valence-corrected chi connectivity index (χ1v) is 13.2. The molecule has 0 aromatic heterocycles. The molecule has 2 amide bonds. The van der Waals surface area contributed by atoms with E-state index in [1.54, 1.807) is 36.1 Å². The minimum absolute atomic E-state index is 0.0604. The van der Waals surface area contributed by atoms with Crippen molar-refractivity contribution < 1.29 is 19.1 Å². The number of ether oxygens (including phenoxy) is 1. The van der Waals surface area contributed by atoms with Crippen molar-refractivity contribution in [1.82, 2.24) is 4.90 Å². The Labute approximate surface area is 221 Å². The van der Waals surface area contributed by atoms with Gasteiger partial charge in [0.15, 0.2) is 0 Å². The van der Waals surface area contributed by atoms with Gasteiger partial charge >= 0.3 is 5.97 Å². The molecule has 6 nitrogen and oxygen atoms in total. The summed E-state index contributed by atoms with van der Waals surface area (Å²) < 4.78 is 5.53. The monoisotopic (exact) mass is 522 g/mol. The van der Waals surface area contributed by atoms with Crippen LogP contribution in [0.2, 0.25) is 0 Å². The second-order valence-electron chi connectivity index (χ2n) is 8.29. The summed E-state index contributed by atoms with van der Waals surface area (Å²) in [6.45, 7) is 4.58. The molecular weight excluding hydrogens is 492 g/mol. The van der Waals surface area contributed by atoms with Gasteiger partial charge in [0.05, 0.1) is 17.1 Å². The zero-order chi connectivity index (χ0) is 25.9. The molecule has 1 aliphatic rings. The van der Waals surface area contributed by atoms with Crippen LogP contribution in [0.15, 0.2) is 71.2 Å². The molecule has 0 saturated carbocycles. The van der Waals surface area contributed by atoms with E-state index < -0.39 is 0 Å². The van der Waals surface area contributed by atoms with Gasteiger partial charge < -0.3 is 10.1 Å². The smallest absolute Gasteiger partial charge is 0.338 e. The third-order valence-electron chi connectivity index (χ3n) is 5.39. The Morgan fingerprint density at radius 2 is 1.78 bits per heavy atom. The lowest BCUT2D eigenvalue weighted by Crippen LogP contribution is -2.29. The highest BCUT2D eigenvalue weighted by atomic mass is 32.2. The first kappa shape index (κ1) is 27.4. The van der Waals surface area contributed by atoms with Crippen LogP contribution >= 0.6 is 24.0 Å². The molecule has 0 radical (unpaired) electrons. The molecule has 1 saturated heterocycles. The first-order valence-electron chi connectivity index (χ1n) is 11.9. The number of carbonyl (C=O) groups is 3. The normalized spacial score (nSPS) is 14.9. The second-order valence-corrected chi connectivity index (χ2v) is 9.96. The lowest BCUT2D eigenvalue weighted by molar-refractivity contribution is -0.122. The molecule has 2 aromatic carbocycles. The molecule has 8 heteroatoms. The molecule has 1 N–H and O–H groups in total. The van der Waals surface area contributed by atoms with E-state index >= 15 is 0 Å². The van der Waals surface area contributed by atoms with Crippen molar-refractivity contribution in [3.63, 3.8) is 0 Å². The van der Waals surface area contributed by atoms with Gasteiger partial charge in [0.25, 0.3) is 5.91 Å². The third kappa shape index (κ3) is 8.17. The van der Waals surface area contributed by atoms with Crippen molar-refractivity contribution in [1.29, 1.82) is 0 Å². The first-order chi connectivity index (χ1) is 17.4. The zero-order valence-corrected chi connectivity index (χ0v) is 22.1. The summed E-state index contributed by atoms with van der Waals surface area (Å²) in [6.07, 6.45) is 6.57. The Kier molecular flexibility index (Phi) is 10.5. The number of amides is 2. The van der Waals surface area contributed by atoms with Gasteiger partial charge in [-0.15, -0.1) is 0 Å². The van der Waals surface area contributed by atoms with Crippen molar-refractivity contribution in [2.45, 2.75) is 39.5 Å². The molecule has 1 aliphatic heterocycles. The van der Waals surface area contributed by atoms with Gasteiger partial charge in [0, 0.05) is 18.7 Å². The molecule has 0 aliphatic carbocycles. The van der Waals surface area contributed by atoms with Crippen molar-refractivity contribution in [2.75, 3.05) is 18.5 Å². The largest absolute Gasteiger partial charge is 0.462 e. The fourth-order valence-corrected chi connectivity index (χ4v) is 4.97.